The van der Waals surface area contributed by atoms with Crippen LogP contribution in [0.15, 0.2) is 0 Å². The molecule has 0 aromatic carbocycles. The van der Waals surface area contributed by atoms with Crippen molar-refractivity contribution in [2.75, 3.05) is 0 Å². The van der Waals surface area contributed by atoms with Crippen LogP contribution in [0.2, 0.25) is 0 Å². The molecule has 0 aromatic rings. The molecule has 0 N–H and O–H groups in total. The van der Waals surface area contributed by atoms with Gasteiger partial charge in [-0.15, -0.1) is 0 Å². The fourth-order valence-electron chi connectivity index (χ4n) is 1.87. The van der Waals surface area contributed by atoms with Crippen molar-refractivity contribution in [2.24, 2.45) is 5.41 Å². The average molecular weight is 184 g/mol. The SMILES string of the molecule is CCC(=O)C(CC)(CC)C(=O)CC. The molecule has 0 heterocycles. The Morgan fingerprint density at radius 2 is 1.15 bits per heavy atom. The van der Waals surface area contributed by atoms with Crippen LogP contribution in [-0.4, -0.2) is 11.6 Å². The minimum atomic E-state index is -0.677. The van der Waals surface area contributed by atoms with Gasteiger partial charge in [-0.2, -0.15) is 0 Å². The molecule has 0 atom stereocenters. The van der Waals surface area contributed by atoms with E-state index in [2.05, 4.69) is 0 Å². The lowest BCUT2D eigenvalue weighted by Crippen LogP contribution is -2.37. The van der Waals surface area contributed by atoms with Gasteiger partial charge in [-0.3, -0.25) is 9.59 Å². The van der Waals surface area contributed by atoms with Gasteiger partial charge >= 0.3 is 0 Å². The molecule has 0 aliphatic rings. The predicted octanol–water partition coefficient (Wildman–Crippen LogP) is 2.75. The van der Waals surface area contributed by atoms with E-state index in [1.165, 1.54) is 0 Å². The van der Waals surface area contributed by atoms with Crippen molar-refractivity contribution in [3.8, 4) is 0 Å². The van der Waals surface area contributed by atoms with Crippen molar-refractivity contribution in [3.05, 3.63) is 0 Å². The summed E-state index contributed by atoms with van der Waals surface area (Å²) in [5, 5.41) is 0. The number of carbonyl (C=O) groups excluding carboxylic acids is 2. The lowest BCUT2D eigenvalue weighted by atomic mass is 9.73. The van der Waals surface area contributed by atoms with Crippen molar-refractivity contribution in [1.82, 2.24) is 0 Å². The summed E-state index contributed by atoms with van der Waals surface area (Å²) in [5.41, 5.74) is -0.677. The standard InChI is InChI=1S/C11H20O2/c1-5-9(12)11(7-3,8-4)10(13)6-2/h5-8H2,1-4H3. The van der Waals surface area contributed by atoms with E-state index in [0.717, 1.165) is 0 Å². The second kappa shape index (κ2) is 5.15. The van der Waals surface area contributed by atoms with E-state index in [1.54, 1.807) is 0 Å². The van der Waals surface area contributed by atoms with E-state index in [4.69, 9.17) is 0 Å². The second-order valence-corrected chi connectivity index (χ2v) is 3.34. The van der Waals surface area contributed by atoms with Crippen LogP contribution in [0.3, 0.4) is 0 Å². The predicted molar refractivity (Wildman–Crippen MR) is 53.6 cm³/mol. The zero-order valence-corrected chi connectivity index (χ0v) is 9.14. The van der Waals surface area contributed by atoms with Crippen LogP contribution in [-0.2, 0) is 9.59 Å². The molecule has 0 bridgehead atoms. The molecule has 2 nitrogen and oxygen atoms in total. The molecule has 0 aliphatic heterocycles. The molecule has 0 rings (SSSR count). The van der Waals surface area contributed by atoms with Gasteiger partial charge in [-0.25, -0.2) is 0 Å². The van der Waals surface area contributed by atoms with Gasteiger partial charge in [0.1, 0.15) is 11.6 Å². The van der Waals surface area contributed by atoms with Crippen molar-refractivity contribution in [2.45, 2.75) is 53.4 Å². The fraction of sp³-hybridized carbons (Fsp3) is 0.818. The number of ketones is 2. The van der Waals surface area contributed by atoms with Gasteiger partial charge in [0, 0.05) is 12.8 Å². The van der Waals surface area contributed by atoms with Crippen LogP contribution >= 0.6 is 0 Å². The highest BCUT2D eigenvalue weighted by atomic mass is 16.2. The molecule has 76 valence electrons. The van der Waals surface area contributed by atoms with Crippen LogP contribution in [0.25, 0.3) is 0 Å². The third kappa shape index (κ3) is 2.17. The summed E-state index contributed by atoms with van der Waals surface area (Å²) in [6.07, 6.45) is 2.21. The van der Waals surface area contributed by atoms with Gasteiger partial charge in [-0.05, 0) is 12.8 Å². The summed E-state index contributed by atoms with van der Waals surface area (Å²) in [7, 11) is 0. The van der Waals surface area contributed by atoms with Crippen LogP contribution in [0.5, 0.6) is 0 Å². The van der Waals surface area contributed by atoms with Crippen LogP contribution in [0.4, 0.5) is 0 Å². The molecule has 2 heteroatoms. The smallest absolute Gasteiger partial charge is 0.146 e. The Balaban J connectivity index is 4.90. The number of Topliss-reactive ketones (excluding diaryl/α,β-unsaturated/α-hetero) is 2. The van der Waals surface area contributed by atoms with Gasteiger partial charge in [0.15, 0.2) is 0 Å². The van der Waals surface area contributed by atoms with Gasteiger partial charge < -0.3 is 0 Å². The highest BCUT2D eigenvalue weighted by Gasteiger charge is 2.39. The zero-order valence-electron chi connectivity index (χ0n) is 9.14. The van der Waals surface area contributed by atoms with E-state index in [-0.39, 0.29) is 11.6 Å². The third-order valence-corrected chi connectivity index (χ3v) is 2.92. The van der Waals surface area contributed by atoms with Gasteiger partial charge in [0.2, 0.25) is 0 Å². The molecule has 0 fully saturated rings. The Bertz CT molecular complexity index is 172. The topological polar surface area (TPSA) is 34.1 Å². The molecular formula is C11H20O2. The number of rotatable bonds is 6. The Morgan fingerprint density at radius 1 is 0.846 bits per heavy atom. The minimum absolute atomic E-state index is 0.101. The van der Waals surface area contributed by atoms with Gasteiger partial charge in [0.25, 0.3) is 0 Å². The Morgan fingerprint density at radius 3 is 1.31 bits per heavy atom. The molecule has 13 heavy (non-hydrogen) atoms. The molecule has 0 aromatic heterocycles. The molecule has 0 aliphatic carbocycles. The highest BCUT2D eigenvalue weighted by molar-refractivity contribution is 6.06. The molecule has 0 unspecified atom stereocenters. The summed E-state index contributed by atoms with van der Waals surface area (Å²) in [6, 6.07) is 0. The molecule has 0 saturated carbocycles. The van der Waals surface area contributed by atoms with Crippen LogP contribution < -0.4 is 0 Å². The van der Waals surface area contributed by atoms with Crippen molar-refractivity contribution < 1.29 is 9.59 Å². The maximum atomic E-state index is 11.7. The quantitative estimate of drug-likeness (QED) is 0.595. The number of carbonyl (C=O) groups is 2. The number of hydrogen-bond donors (Lipinski definition) is 0. The maximum absolute atomic E-state index is 11.7. The summed E-state index contributed by atoms with van der Waals surface area (Å²) in [4.78, 5) is 23.4. The first-order valence-corrected chi connectivity index (χ1v) is 5.15. The monoisotopic (exact) mass is 184 g/mol. The molecule has 0 saturated heterocycles. The summed E-state index contributed by atoms with van der Waals surface area (Å²) in [5.74, 6) is 0.203. The van der Waals surface area contributed by atoms with Crippen molar-refractivity contribution >= 4 is 11.6 Å². The van der Waals surface area contributed by atoms with E-state index >= 15 is 0 Å². The molecule has 0 spiro atoms. The second-order valence-electron chi connectivity index (χ2n) is 3.34. The van der Waals surface area contributed by atoms with Gasteiger partial charge in [-0.1, -0.05) is 27.7 Å². The summed E-state index contributed by atoms with van der Waals surface area (Å²) >= 11 is 0. The zero-order chi connectivity index (χ0) is 10.5. The normalized spacial score (nSPS) is 11.4. The minimum Gasteiger partial charge on any atom is -0.299 e. The van der Waals surface area contributed by atoms with Crippen molar-refractivity contribution in [3.63, 3.8) is 0 Å². The highest BCUT2D eigenvalue weighted by Crippen LogP contribution is 2.31. The van der Waals surface area contributed by atoms with E-state index in [9.17, 15) is 9.59 Å². The Kier molecular flexibility index (Phi) is 4.89. The van der Waals surface area contributed by atoms with E-state index in [0.29, 0.717) is 25.7 Å². The fourth-order valence-corrected chi connectivity index (χ4v) is 1.87. The first-order chi connectivity index (χ1) is 6.08. The largest absolute Gasteiger partial charge is 0.299 e. The Hall–Kier alpha value is -0.660. The van der Waals surface area contributed by atoms with Crippen molar-refractivity contribution in [1.29, 1.82) is 0 Å². The lowest BCUT2D eigenvalue weighted by Gasteiger charge is -2.27. The third-order valence-electron chi connectivity index (χ3n) is 2.92. The first kappa shape index (κ1) is 12.3. The maximum Gasteiger partial charge on any atom is 0.146 e. The Labute approximate surface area is 80.7 Å². The summed E-state index contributed by atoms with van der Waals surface area (Å²) in [6.45, 7) is 7.49. The van der Waals surface area contributed by atoms with Crippen LogP contribution in [0.1, 0.15) is 53.4 Å². The molecule has 0 amide bonds. The first-order valence-electron chi connectivity index (χ1n) is 5.15. The molecule has 0 radical (unpaired) electrons. The van der Waals surface area contributed by atoms with Gasteiger partial charge in [0.05, 0.1) is 5.41 Å². The average Bonchev–Trinajstić information content (AvgIpc) is 2.19. The lowest BCUT2D eigenvalue weighted by molar-refractivity contribution is -0.141. The van der Waals surface area contributed by atoms with Crippen LogP contribution in [0, 0.1) is 5.41 Å². The molecular weight excluding hydrogens is 164 g/mol. The van der Waals surface area contributed by atoms with E-state index in [1.807, 2.05) is 27.7 Å². The summed E-state index contributed by atoms with van der Waals surface area (Å²) < 4.78 is 0. The number of hydrogen-bond acceptors (Lipinski definition) is 2. The van der Waals surface area contributed by atoms with E-state index < -0.39 is 5.41 Å².